The first kappa shape index (κ1) is 20.1. The number of aromatic nitrogens is 2. The van der Waals surface area contributed by atoms with E-state index in [1.165, 1.54) is 16.2 Å². The Labute approximate surface area is 187 Å². The van der Waals surface area contributed by atoms with E-state index < -0.39 is 11.5 Å². The van der Waals surface area contributed by atoms with E-state index in [2.05, 4.69) is 4.98 Å². The fourth-order valence-corrected chi connectivity index (χ4v) is 4.61. The SMILES string of the molecule is Cc1ccc2sc(N(Cc3cccnc3)C(=O)c3cc4ccccc4oc3=O)nc2c1C. The van der Waals surface area contributed by atoms with Crippen molar-refractivity contribution in [3.63, 3.8) is 0 Å². The van der Waals surface area contributed by atoms with Crippen molar-refractivity contribution in [2.75, 3.05) is 4.90 Å². The second kappa shape index (κ2) is 8.01. The third kappa shape index (κ3) is 3.56. The third-order valence-corrected chi connectivity index (χ3v) is 6.53. The molecule has 0 aliphatic heterocycles. The van der Waals surface area contributed by atoms with E-state index in [0.29, 0.717) is 16.1 Å². The predicted molar refractivity (Wildman–Crippen MR) is 126 cm³/mol. The lowest BCUT2D eigenvalue weighted by Crippen LogP contribution is -2.33. The normalized spacial score (nSPS) is 11.2. The van der Waals surface area contributed by atoms with Gasteiger partial charge in [-0.2, -0.15) is 0 Å². The van der Waals surface area contributed by atoms with Crippen molar-refractivity contribution in [1.82, 2.24) is 9.97 Å². The molecule has 0 atom stereocenters. The zero-order valence-electron chi connectivity index (χ0n) is 17.5. The van der Waals surface area contributed by atoms with Crippen molar-refractivity contribution in [2.24, 2.45) is 0 Å². The van der Waals surface area contributed by atoms with E-state index in [-0.39, 0.29) is 12.1 Å². The second-order valence-electron chi connectivity index (χ2n) is 7.59. The van der Waals surface area contributed by atoms with Crippen LogP contribution in [0, 0.1) is 13.8 Å². The molecule has 158 valence electrons. The standard InChI is InChI=1S/C25H19N3O3S/c1-15-9-10-21-22(16(15)2)27-25(32-21)28(14-17-6-5-11-26-13-17)23(29)19-12-18-7-3-4-8-20(18)31-24(19)30/h3-13H,14H2,1-2H3. The molecule has 5 rings (SSSR count). The van der Waals surface area contributed by atoms with Crippen molar-refractivity contribution in [2.45, 2.75) is 20.4 Å². The molecule has 0 bridgehead atoms. The second-order valence-corrected chi connectivity index (χ2v) is 8.60. The molecule has 0 unspecified atom stereocenters. The molecule has 32 heavy (non-hydrogen) atoms. The van der Waals surface area contributed by atoms with Crippen LogP contribution in [0.5, 0.6) is 0 Å². The minimum Gasteiger partial charge on any atom is -0.422 e. The molecule has 0 aliphatic carbocycles. The summed E-state index contributed by atoms with van der Waals surface area (Å²) < 4.78 is 6.40. The Morgan fingerprint density at radius 1 is 1.09 bits per heavy atom. The number of para-hydroxylation sites is 1. The molecule has 0 fully saturated rings. The molecule has 2 aromatic carbocycles. The molecule has 0 saturated carbocycles. The van der Waals surface area contributed by atoms with Gasteiger partial charge in [-0.15, -0.1) is 0 Å². The molecule has 0 N–H and O–H groups in total. The molecule has 0 spiro atoms. The van der Waals surface area contributed by atoms with Gasteiger partial charge in [0.1, 0.15) is 11.1 Å². The van der Waals surface area contributed by atoms with Crippen LogP contribution in [0.1, 0.15) is 27.0 Å². The maximum Gasteiger partial charge on any atom is 0.349 e. The van der Waals surface area contributed by atoms with Crippen LogP contribution < -0.4 is 10.5 Å². The summed E-state index contributed by atoms with van der Waals surface area (Å²) in [5.74, 6) is -0.457. The number of carbonyl (C=O) groups excluding carboxylic acids is 1. The van der Waals surface area contributed by atoms with Crippen molar-refractivity contribution in [3.8, 4) is 0 Å². The van der Waals surface area contributed by atoms with Gasteiger partial charge in [0.05, 0.1) is 16.8 Å². The summed E-state index contributed by atoms with van der Waals surface area (Å²) in [5, 5.41) is 1.21. The smallest absolute Gasteiger partial charge is 0.349 e. The average molecular weight is 442 g/mol. The maximum absolute atomic E-state index is 13.7. The number of fused-ring (bicyclic) bond motifs is 2. The number of nitrogens with zero attached hydrogens (tertiary/aromatic N) is 3. The summed E-state index contributed by atoms with van der Waals surface area (Å²) in [6.07, 6.45) is 3.38. The molecule has 6 nitrogen and oxygen atoms in total. The topological polar surface area (TPSA) is 76.3 Å². The number of pyridine rings is 1. The van der Waals surface area contributed by atoms with Gasteiger partial charge in [0.2, 0.25) is 0 Å². The van der Waals surface area contributed by atoms with Crippen molar-refractivity contribution in [1.29, 1.82) is 0 Å². The van der Waals surface area contributed by atoms with E-state index in [0.717, 1.165) is 26.9 Å². The summed E-state index contributed by atoms with van der Waals surface area (Å²) >= 11 is 1.42. The Balaban J connectivity index is 1.65. The minimum absolute atomic E-state index is 0.0280. The third-order valence-electron chi connectivity index (χ3n) is 5.48. The minimum atomic E-state index is -0.668. The molecule has 0 aliphatic rings. The van der Waals surface area contributed by atoms with E-state index in [9.17, 15) is 9.59 Å². The van der Waals surface area contributed by atoms with Crippen LogP contribution in [0.15, 0.2) is 76.2 Å². The summed E-state index contributed by atoms with van der Waals surface area (Å²) in [6.45, 7) is 4.29. The summed E-state index contributed by atoms with van der Waals surface area (Å²) in [6, 6.07) is 16.5. The molecule has 3 aromatic heterocycles. The highest BCUT2D eigenvalue weighted by atomic mass is 32.1. The monoisotopic (exact) mass is 441 g/mol. The van der Waals surface area contributed by atoms with E-state index >= 15 is 0 Å². The summed E-state index contributed by atoms with van der Waals surface area (Å²) in [5.41, 5.74) is 3.65. The highest BCUT2D eigenvalue weighted by Crippen LogP contribution is 2.33. The predicted octanol–water partition coefficient (Wildman–Crippen LogP) is 5.26. The molecular formula is C25H19N3O3S. The van der Waals surface area contributed by atoms with Crippen molar-refractivity contribution < 1.29 is 9.21 Å². The van der Waals surface area contributed by atoms with Crippen LogP contribution in [0.2, 0.25) is 0 Å². The van der Waals surface area contributed by atoms with Crippen LogP contribution in [-0.2, 0) is 6.54 Å². The number of anilines is 1. The average Bonchev–Trinajstić information content (AvgIpc) is 3.24. The Bertz CT molecular complexity index is 1520. The number of benzene rings is 2. The number of thiazole rings is 1. The van der Waals surface area contributed by atoms with Gasteiger partial charge in [0.25, 0.3) is 5.91 Å². The number of amides is 1. The Kier molecular flexibility index (Phi) is 5.03. The molecule has 3 heterocycles. The maximum atomic E-state index is 13.7. The highest BCUT2D eigenvalue weighted by Gasteiger charge is 2.25. The van der Waals surface area contributed by atoms with Gasteiger partial charge in [0.15, 0.2) is 5.13 Å². The van der Waals surface area contributed by atoms with E-state index in [1.54, 1.807) is 30.6 Å². The molecule has 0 saturated heterocycles. The van der Waals surface area contributed by atoms with Crippen molar-refractivity contribution in [3.05, 3.63) is 99.7 Å². The van der Waals surface area contributed by atoms with Crippen molar-refractivity contribution >= 4 is 43.6 Å². The van der Waals surface area contributed by atoms with Gasteiger partial charge in [-0.25, -0.2) is 9.78 Å². The number of hydrogen-bond acceptors (Lipinski definition) is 6. The van der Waals surface area contributed by atoms with E-state index in [4.69, 9.17) is 9.40 Å². The quantitative estimate of drug-likeness (QED) is 0.356. The molecular weight excluding hydrogens is 422 g/mol. The van der Waals surface area contributed by atoms with Crippen LogP contribution >= 0.6 is 11.3 Å². The van der Waals surface area contributed by atoms with Crippen LogP contribution in [0.25, 0.3) is 21.2 Å². The molecule has 1 amide bonds. The van der Waals surface area contributed by atoms with Crippen LogP contribution in [0.3, 0.4) is 0 Å². The summed E-state index contributed by atoms with van der Waals surface area (Å²) in [7, 11) is 0. The number of hydrogen-bond donors (Lipinski definition) is 0. The first-order chi connectivity index (χ1) is 15.5. The van der Waals surface area contributed by atoms with Crippen LogP contribution in [0.4, 0.5) is 5.13 Å². The zero-order valence-corrected chi connectivity index (χ0v) is 18.3. The summed E-state index contributed by atoms with van der Waals surface area (Å²) in [4.78, 5) is 36.8. The van der Waals surface area contributed by atoms with Gasteiger partial charge in [0, 0.05) is 17.8 Å². The van der Waals surface area contributed by atoms with Gasteiger partial charge in [-0.05, 0) is 54.8 Å². The number of carbonyl (C=O) groups is 1. The Hall–Kier alpha value is -3.84. The Morgan fingerprint density at radius 2 is 1.94 bits per heavy atom. The molecule has 5 aromatic rings. The zero-order chi connectivity index (χ0) is 22.2. The van der Waals surface area contributed by atoms with Gasteiger partial charge in [-0.1, -0.05) is 41.7 Å². The Morgan fingerprint density at radius 3 is 2.75 bits per heavy atom. The lowest BCUT2D eigenvalue weighted by Gasteiger charge is -2.19. The fraction of sp³-hybridized carbons (Fsp3) is 0.120. The van der Waals surface area contributed by atoms with Gasteiger partial charge in [-0.3, -0.25) is 14.7 Å². The number of rotatable bonds is 4. The highest BCUT2D eigenvalue weighted by molar-refractivity contribution is 7.22. The lowest BCUT2D eigenvalue weighted by atomic mass is 10.1. The van der Waals surface area contributed by atoms with Gasteiger partial charge >= 0.3 is 5.63 Å². The first-order valence-corrected chi connectivity index (χ1v) is 10.9. The van der Waals surface area contributed by atoms with E-state index in [1.807, 2.05) is 50.2 Å². The van der Waals surface area contributed by atoms with Gasteiger partial charge < -0.3 is 4.42 Å². The largest absolute Gasteiger partial charge is 0.422 e. The molecule has 7 heteroatoms. The van der Waals surface area contributed by atoms with Crippen LogP contribution in [-0.4, -0.2) is 15.9 Å². The fourth-order valence-electron chi connectivity index (χ4n) is 3.59. The lowest BCUT2D eigenvalue weighted by molar-refractivity contribution is 0.0981. The first-order valence-electron chi connectivity index (χ1n) is 10.1. The number of aryl methyl sites for hydroxylation is 2. The molecule has 0 radical (unpaired) electrons.